The summed E-state index contributed by atoms with van der Waals surface area (Å²) in [4.78, 5) is 15.6. The van der Waals surface area contributed by atoms with E-state index in [0.717, 1.165) is 16.7 Å². The maximum atomic E-state index is 11.6. The summed E-state index contributed by atoms with van der Waals surface area (Å²) < 4.78 is 4.65. The molecule has 4 nitrogen and oxygen atoms in total. The van der Waals surface area contributed by atoms with Gasteiger partial charge in [-0.2, -0.15) is 0 Å². The number of benzene rings is 1. The van der Waals surface area contributed by atoms with Gasteiger partial charge in [-0.15, -0.1) is 0 Å². The molecular formula is C15H14ClNO3. The first-order chi connectivity index (χ1) is 9.51. The van der Waals surface area contributed by atoms with E-state index < -0.39 is 5.97 Å². The highest BCUT2D eigenvalue weighted by molar-refractivity contribution is 6.30. The van der Waals surface area contributed by atoms with Gasteiger partial charge in [0.25, 0.3) is 0 Å². The zero-order valence-electron chi connectivity index (χ0n) is 11.2. The number of hydrogen-bond acceptors (Lipinski definition) is 4. The van der Waals surface area contributed by atoms with Crippen LogP contribution in [0.2, 0.25) is 5.02 Å². The molecule has 0 saturated heterocycles. The van der Waals surface area contributed by atoms with Crippen molar-refractivity contribution < 1.29 is 14.6 Å². The van der Waals surface area contributed by atoms with Crippen molar-refractivity contribution in [2.24, 2.45) is 0 Å². The molecule has 0 fully saturated rings. The third-order valence-corrected chi connectivity index (χ3v) is 3.22. The second-order valence-corrected chi connectivity index (χ2v) is 4.91. The van der Waals surface area contributed by atoms with Crippen LogP contribution in [-0.2, 0) is 11.2 Å². The van der Waals surface area contributed by atoms with E-state index in [1.54, 1.807) is 24.5 Å². The number of hydrogen-bond donors (Lipinski definition) is 1. The van der Waals surface area contributed by atoms with Crippen LogP contribution < -0.4 is 0 Å². The molecule has 0 spiro atoms. The highest BCUT2D eigenvalue weighted by Gasteiger charge is 2.14. The quantitative estimate of drug-likeness (QED) is 0.883. The maximum Gasteiger partial charge on any atom is 0.341 e. The second-order valence-electron chi connectivity index (χ2n) is 4.48. The molecule has 1 heterocycles. The Kier molecular flexibility index (Phi) is 4.25. The van der Waals surface area contributed by atoms with Gasteiger partial charge in [-0.05, 0) is 48.2 Å². The lowest BCUT2D eigenvalue weighted by atomic mass is 9.98. The number of aryl methyl sites for hydroxylation is 1. The Hall–Kier alpha value is -2.07. The van der Waals surface area contributed by atoms with Gasteiger partial charge in [-0.25, -0.2) is 4.79 Å². The number of phenols is 1. The van der Waals surface area contributed by atoms with Gasteiger partial charge in [0.1, 0.15) is 11.3 Å². The largest absolute Gasteiger partial charge is 0.507 e. The van der Waals surface area contributed by atoms with Crippen LogP contribution in [0, 0.1) is 6.92 Å². The molecule has 0 radical (unpaired) electrons. The normalized spacial score (nSPS) is 10.3. The predicted molar refractivity (Wildman–Crippen MR) is 76.2 cm³/mol. The van der Waals surface area contributed by atoms with Crippen LogP contribution in [0.3, 0.4) is 0 Å². The fraction of sp³-hybridized carbons (Fsp3) is 0.200. The van der Waals surface area contributed by atoms with Crippen LogP contribution in [0.15, 0.2) is 30.6 Å². The molecule has 20 heavy (non-hydrogen) atoms. The molecule has 1 aromatic carbocycles. The van der Waals surface area contributed by atoms with E-state index in [4.69, 9.17) is 11.6 Å². The van der Waals surface area contributed by atoms with Crippen molar-refractivity contribution in [3.63, 3.8) is 0 Å². The van der Waals surface area contributed by atoms with Gasteiger partial charge in [0.15, 0.2) is 0 Å². The lowest BCUT2D eigenvalue weighted by molar-refractivity contribution is 0.0597. The number of halogens is 1. The Morgan fingerprint density at radius 2 is 2.10 bits per heavy atom. The molecule has 0 unspecified atom stereocenters. The number of aromatic nitrogens is 1. The summed E-state index contributed by atoms with van der Waals surface area (Å²) in [6.07, 6.45) is 3.86. The van der Waals surface area contributed by atoms with Crippen LogP contribution in [-0.4, -0.2) is 23.2 Å². The second kappa shape index (κ2) is 5.92. The molecule has 104 valence electrons. The van der Waals surface area contributed by atoms with Crippen LogP contribution in [0.25, 0.3) is 0 Å². The minimum absolute atomic E-state index is 0.0812. The van der Waals surface area contributed by atoms with E-state index in [2.05, 4.69) is 9.72 Å². The number of carbonyl (C=O) groups is 1. The minimum Gasteiger partial charge on any atom is -0.507 e. The lowest BCUT2D eigenvalue weighted by Gasteiger charge is -2.10. The van der Waals surface area contributed by atoms with E-state index in [9.17, 15) is 9.90 Å². The van der Waals surface area contributed by atoms with Crippen molar-refractivity contribution in [2.45, 2.75) is 13.3 Å². The monoisotopic (exact) mass is 291 g/mol. The molecular weight excluding hydrogens is 278 g/mol. The Balaban J connectivity index is 2.39. The van der Waals surface area contributed by atoms with Crippen molar-refractivity contribution in [1.29, 1.82) is 0 Å². The zero-order chi connectivity index (χ0) is 14.7. The highest BCUT2D eigenvalue weighted by Crippen LogP contribution is 2.25. The van der Waals surface area contributed by atoms with E-state index >= 15 is 0 Å². The Morgan fingerprint density at radius 1 is 1.35 bits per heavy atom. The third-order valence-electron chi connectivity index (χ3n) is 3.02. The van der Waals surface area contributed by atoms with Crippen molar-refractivity contribution in [2.75, 3.05) is 7.11 Å². The first-order valence-electron chi connectivity index (χ1n) is 6.01. The number of carbonyl (C=O) groups excluding carboxylic acids is 1. The fourth-order valence-electron chi connectivity index (χ4n) is 1.97. The minimum atomic E-state index is -0.562. The molecule has 0 aliphatic heterocycles. The number of pyridine rings is 1. The Labute approximate surface area is 122 Å². The lowest BCUT2D eigenvalue weighted by Crippen LogP contribution is -2.04. The summed E-state index contributed by atoms with van der Waals surface area (Å²) in [6.45, 7) is 1.87. The summed E-state index contributed by atoms with van der Waals surface area (Å²) in [5, 5.41) is 10.4. The SMILES string of the molecule is COC(=O)c1cc(Cc2cncc(Cl)c2)c(C)cc1O. The molecule has 2 aromatic rings. The van der Waals surface area contributed by atoms with Gasteiger partial charge < -0.3 is 9.84 Å². The Morgan fingerprint density at radius 3 is 2.75 bits per heavy atom. The van der Waals surface area contributed by atoms with Crippen LogP contribution >= 0.6 is 11.6 Å². The molecule has 0 saturated carbocycles. The number of methoxy groups -OCH3 is 1. The van der Waals surface area contributed by atoms with Crippen molar-refractivity contribution in [3.8, 4) is 5.75 Å². The average Bonchev–Trinajstić information content (AvgIpc) is 2.41. The van der Waals surface area contributed by atoms with Gasteiger partial charge in [0, 0.05) is 12.4 Å². The van der Waals surface area contributed by atoms with Gasteiger partial charge >= 0.3 is 5.97 Å². The first-order valence-corrected chi connectivity index (χ1v) is 6.39. The van der Waals surface area contributed by atoms with Crippen LogP contribution in [0.5, 0.6) is 5.75 Å². The summed E-state index contributed by atoms with van der Waals surface area (Å²) in [7, 11) is 1.28. The predicted octanol–water partition coefficient (Wildman–Crippen LogP) is 3.13. The molecule has 0 amide bonds. The molecule has 0 atom stereocenters. The van der Waals surface area contributed by atoms with E-state index in [-0.39, 0.29) is 11.3 Å². The van der Waals surface area contributed by atoms with E-state index in [1.165, 1.54) is 7.11 Å². The standard InChI is InChI=1S/C15H14ClNO3/c1-9-3-14(18)13(15(19)20-2)6-11(9)4-10-5-12(16)8-17-7-10/h3,5-8,18H,4H2,1-2H3. The van der Waals surface area contributed by atoms with Crippen molar-refractivity contribution in [3.05, 3.63) is 57.9 Å². The third kappa shape index (κ3) is 3.08. The number of aromatic hydroxyl groups is 1. The topological polar surface area (TPSA) is 59.4 Å². The molecule has 1 aromatic heterocycles. The van der Waals surface area contributed by atoms with Crippen molar-refractivity contribution in [1.82, 2.24) is 4.98 Å². The Bertz CT molecular complexity index is 656. The number of esters is 1. The fourth-order valence-corrected chi connectivity index (χ4v) is 2.17. The maximum absolute atomic E-state index is 11.6. The van der Waals surface area contributed by atoms with Crippen molar-refractivity contribution >= 4 is 17.6 Å². The number of phenolic OH excluding ortho intramolecular Hbond substituents is 1. The summed E-state index contributed by atoms with van der Waals surface area (Å²) in [5.41, 5.74) is 2.88. The van der Waals surface area contributed by atoms with E-state index in [0.29, 0.717) is 11.4 Å². The molecule has 1 N–H and O–H groups in total. The average molecular weight is 292 g/mol. The van der Waals surface area contributed by atoms with Gasteiger partial charge in [0.2, 0.25) is 0 Å². The first kappa shape index (κ1) is 14.3. The van der Waals surface area contributed by atoms with Gasteiger partial charge in [0.05, 0.1) is 12.1 Å². The summed E-state index contributed by atoms with van der Waals surface area (Å²) in [6, 6.07) is 5.01. The zero-order valence-corrected chi connectivity index (χ0v) is 11.9. The summed E-state index contributed by atoms with van der Waals surface area (Å²) >= 11 is 5.90. The molecule has 2 rings (SSSR count). The van der Waals surface area contributed by atoms with Gasteiger partial charge in [-0.1, -0.05) is 11.6 Å². The van der Waals surface area contributed by atoms with Crippen LogP contribution in [0.4, 0.5) is 0 Å². The molecule has 5 heteroatoms. The number of rotatable bonds is 3. The summed E-state index contributed by atoms with van der Waals surface area (Å²) in [5.74, 6) is -0.643. The smallest absolute Gasteiger partial charge is 0.341 e. The molecule has 0 aliphatic carbocycles. The number of nitrogens with zero attached hydrogens (tertiary/aromatic N) is 1. The number of ether oxygens (including phenoxy) is 1. The highest BCUT2D eigenvalue weighted by atomic mass is 35.5. The van der Waals surface area contributed by atoms with Crippen LogP contribution in [0.1, 0.15) is 27.0 Å². The molecule has 0 aliphatic rings. The molecule has 0 bridgehead atoms. The van der Waals surface area contributed by atoms with Gasteiger partial charge in [-0.3, -0.25) is 4.98 Å². The van der Waals surface area contributed by atoms with E-state index in [1.807, 2.05) is 13.0 Å².